The van der Waals surface area contributed by atoms with Crippen molar-refractivity contribution in [1.29, 1.82) is 0 Å². The van der Waals surface area contributed by atoms with E-state index in [0.29, 0.717) is 0 Å². The molecule has 2 aromatic rings. The Bertz CT molecular complexity index is 511. The summed E-state index contributed by atoms with van der Waals surface area (Å²) in [5.41, 5.74) is 3.82. The number of hydrogen-bond acceptors (Lipinski definition) is 3. The summed E-state index contributed by atoms with van der Waals surface area (Å²) in [5, 5.41) is 3.41. The minimum atomic E-state index is 0.842. The lowest BCUT2D eigenvalue weighted by Crippen LogP contribution is -2.17. The second-order valence-electron chi connectivity index (χ2n) is 4.59. The molecule has 0 spiro atoms. The third kappa shape index (κ3) is 4.69. The average molecular weight is 272 g/mol. The predicted molar refractivity (Wildman–Crippen MR) is 82.6 cm³/mol. The van der Waals surface area contributed by atoms with E-state index in [2.05, 4.69) is 42.3 Å². The summed E-state index contributed by atoms with van der Waals surface area (Å²) in [6, 6.07) is 12.7. The van der Waals surface area contributed by atoms with Gasteiger partial charge < -0.3 is 5.32 Å². The molecule has 0 saturated carbocycles. The van der Waals surface area contributed by atoms with Gasteiger partial charge in [0.25, 0.3) is 0 Å². The van der Waals surface area contributed by atoms with Crippen LogP contribution in [-0.4, -0.2) is 17.3 Å². The Balaban J connectivity index is 1.68. The molecular weight excluding hydrogens is 252 g/mol. The highest BCUT2D eigenvalue weighted by atomic mass is 32.2. The third-order valence-electron chi connectivity index (χ3n) is 3.06. The van der Waals surface area contributed by atoms with E-state index in [1.807, 2.05) is 36.2 Å². The van der Waals surface area contributed by atoms with Gasteiger partial charge in [0.15, 0.2) is 0 Å². The van der Waals surface area contributed by atoms with Crippen molar-refractivity contribution in [3.8, 4) is 0 Å². The molecule has 2 rings (SSSR count). The van der Waals surface area contributed by atoms with Crippen LogP contribution in [0.2, 0.25) is 0 Å². The normalized spacial score (nSPS) is 10.6. The van der Waals surface area contributed by atoms with Crippen LogP contribution in [0.25, 0.3) is 0 Å². The molecule has 0 aliphatic rings. The largest absolute Gasteiger partial charge is 0.310 e. The zero-order valence-corrected chi connectivity index (χ0v) is 12.3. The van der Waals surface area contributed by atoms with Crippen molar-refractivity contribution in [3.05, 3.63) is 59.4 Å². The van der Waals surface area contributed by atoms with E-state index in [-0.39, 0.29) is 0 Å². The van der Waals surface area contributed by atoms with E-state index < -0.39 is 0 Å². The summed E-state index contributed by atoms with van der Waals surface area (Å²) in [7, 11) is 0. The molecule has 2 nitrogen and oxygen atoms in total. The highest BCUT2D eigenvalue weighted by molar-refractivity contribution is 7.99. The van der Waals surface area contributed by atoms with Gasteiger partial charge in [-0.05, 0) is 49.2 Å². The summed E-state index contributed by atoms with van der Waals surface area (Å²) in [6.07, 6.45) is 1.83. The molecule has 0 saturated heterocycles. The lowest BCUT2D eigenvalue weighted by molar-refractivity contribution is 0.715. The molecule has 0 amide bonds. The van der Waals surface area contributed by atoms with Crippen molar-refractivity contribution in [2.45, 2.75) is 25.3 Å². The van der Waals surface area contributed by atoms with Crippen LogP contribution in [0, 0.1) is 13.8 Å². The Morgan fingerprint density at radius 2 is 2.00 bits per heavy atom. The maximum Gasteiger partial charge on any atom is 0.0541 e. The average Bonchev–Trinajstić information content (AvgIpc) is 2.43. The second kappa shape index (κ2) is 7.31. The summed E-state index contributed by atoms with van der Waals surface area (Å²) in [5.74, 6) is 1.08. The molecule has 3 heteroatoms. The molecule has 0 atom stereocenters. The first-order valence-corrected chi connectivity index (χ1v) is 7.55. The van der Waals surface area contributed by atoms with Crippen LogP contribution in [0.15, 0.2) is 47.5 Å². The van der Waals surface area contributed by atoms with Crippen molar-refractivity contribution in [2.24, 2.45) is 0 Å². The summed E-state index contributed by atoms with van der Waals surface area (Å²) < 4.78 is 0. The Morgan fingerprint density at radius 3 is 2.74 bits per heavy atom. The fourth-order valence-corrected chi connectivity index (χ4v) is 2.67. The smallest absolute Gasteiger partial charge is 0.0541 e. The van der Waals surface area contributed by atoms with E-state index in [0.717, 1.165) is 24.5 Å². The maximum atomic E-state index is 4.29. The number of rotatable bonds is 6. The topological polar surface area (TPSA) is 24.9 Å². The van der Waals surface area contributed by atoms with Crippen molar-refractivity contribution in [1.82, 2.24) is 10.3 Å². The van der Waals surface area contributed by atoms with Crippen molar-refractivity contribution >= 4 is 11.8 Å². The summed E-state index contributed by atoms with van der Waals surface area (Å²) in [4.78, 5) is 5.64. The fourth-order valence-electron chi connectivity index (χ4n) is 1.76. The molecule has 1 N–H and O–H groups in total. The van der Waals surface area contributed by atoms with Gasteiger partial charge in [-0.15, -0.1) is 11.8 Å². The molecule has 1 aromatic carbocycles. The summed E-state index contributed by atoms with van der Waals surface area (Å²) in [6.45, 7) is 6.15. The van der Waals surface area contributed by atoms with Gasteiger partial charge in [-0.1, -0.05) is 12.1 Å². The molecule has 1 aromatic heterocycles. The van der Waals surface area contributed by atoms with Gasteiger partial charge in [0.05, 0.1) is 5.69 Å². The minimum absolute atomic E-state index is 0.842. The van der Waals surface area contributed by atoms with Crippen LogP contribution in [0.4, 0.5) is 0 Å². The monoisotopic (exact) mass is 272 g/mol. The number of aryl methyl sites for hydroxylation is 2. The van der Waals surface area contributed by atoms with Gasteiger partial charge in [0, 0.05) is 29.9 Å². The number of thioether (sulfide) groups is 1. The van der Waals surface area contributed by atoms with E-state index in [1.165, 1.54) is 16.0 Å². The number of aromatic nitrogens is 1. The van der Waals surface area contributed by atoms with Crippen LogP contribution < -0.4 is 5.32 Å². The lowest BCUT2D eigenvalue weighted by atomic mass is 10.1. The van der Waals surface area contributed by atoms with Crippen LogP contribution in [-0.2, 0) is 6.54 Å². The molecule has 0 fully saturated rings. The minimum Gasteiger partial charge on any atom is -0.310 e. The van der Waals surface area contributed by atoms with Gasteiger partial charge in [0.2, 0.25) is 0 Å². The third-order valence-corrected chi connectivity index (χ3v) is 4.05. The van der Waals surface area contributed by atoms with Crippen molar-refractivity contribution in [2.75, 3.05) is 12.3 Å². The van der Waals surface area contributed by atoms with Crippen molar-refractivity contribution < 1.29 is 0 Å². The van der Waals surface area contributed by atoms with Crippen LogP contribution >= 0.6 is 11.8 Å². The Labute approximate surface area is 119 Å². The molecule has 0 aliphatic heterocycles. The first-order chi connectivity index (χ1) is 9.25. The molecule has 0 aliphatic carbocycles. The lowest BCUT2D eigenvalue weighted by Gasteiger charge is -2.06. The predicted octanol–water partition coefficient (Wildman–Crippen LogP) is 3.58. The van der Waals surface area contributed by atoms with Gasteiger partial charge in [-0.3, -0.25) is 4.98 Å². The van der Waals surface area contributed by atoms with E-state index >= 15 is 0 Å². The quantitative estimate of drug-likeness (QED) is 0.642. The highest BCUT2D eigenvalue weighted by Crippen LogP contribution is 2.20. The number of benzene rings is 1. The number of hydrogen-bond donors (Lipinski definition) is 1. The van der Waals surface area contributed by atoms with Crippen LogP contribution in [0.5, 0.6) is 0 Å². The number of nitrogens with one attached hydrogen (secondary N) is 1. The zero-order valence-electron chi connectivity index (χ0n) is 11.5. The zero-order chi connectivity index (χ0) is 13.5. The SMILES string of the molecule is Cc1ccc(SCCNCc2ccccn2)cc1C. The number of pyridine rings is 1. The maximum absolute atomic E-state index is 4.29. The fraction of sp³-hybridized carbons (Fsp3) is 0.312. The van der Waals surface area contributed by atoms with Crippen LogP contribution in [0.3, 0.4) is 0 Å². The molecular formula is C16H20N2S. The number of nitrogens with zero attached hydrogens (tertiary/aromatic N) is 1. The van der Waals surface area contributed by atoms with Gasteiger partial charge in [-0.2, -0.15) is 0 Å². The second-order valence-corrected chi connectivity index (χ2v) is 5.76. The molecule has 0 bridgehead atoms. The van der Waals surface area contributed by atoms with Crippen LogP contribution in [0.1, 0.15) is 16.8 Å². The first-order valence-electron chi connectivity index (χ1n) is 6.56. The highest BCUT2D eigenvalue weighted by Gasteiger charge is 1.97. The van der Waals surface area contributed by atoms with E-state index in [4.69, 9.17) is 0 Å². The van der Waals surface area contributed by atoms with E-state index in [1.54, 1.807) is 0 Å². The Kier molecular flexibility index (Phi) is 5.43. The molecule has 19 heavy (non-hydrogen) atoms. The van der Waals surface area contributed by atoms with Gasteiger partial charge in [0.1, 0.15) is 0 Å². The molecule has 0 unspecified atom stereocenters. The molecule has 0 radical (unpaired) electrons. The standard InChI is InChI=1S/C16H20N2S/c1-13-6-7-16(11-14(13)2)19-10-9-17-12-15-5-3-4-8-18-15/h3-8,11,17H,9-10,12H2,1-2H3. The van der Waals surface area contributed by atoms with Gasteiger partial charge >= 0.3 is 0 Å². The van der Waals surface area contributed by atoms with E-state index in [9.17, 15) is 0 Å². The summed E-state index contributed by atoms with van der Waals surface area (Å²) >= 11 is 1.90. The first kappa shape index (κ1) is 14.1. The van der Waals surface area contributed by atoms with Crippen molar-refractivity contribution in [3.63, 3.8) is 0 Å². The Hall–Kier alpha value is -1.32. The molecule has 100 valence electrons. The van der Waals surface area contributed by atoms with Gasteiger partial charge in [-0.25, -0.2) is 0 Å². The Morgan fingerprint density at radius 1 is 1.11 bits per heavy atom. The molecule has 1 heterocycles.